The fourth-order valence-electron chi connectivity index (χ4n) is 4.93. The number of carbonyl (C=O) groups is 1. The molecule has 7 nitrogen and oxygen atoms in total. The van der Waals surface area contributed by atoms with E-state index in [1.54, 1.807) is 41.1 Å². The maximum atomic E-state index is 13.1. The first kappa shape index (κ1) is 26.3. The lowest BCUT2D eigenvalue weighted by Crippen LogP contribution is -2.48. The van der Waals surface area contributed by atoms with Gasteiger partial charge in [-0.1, -0.05) is 85.4 Å². The van der Waals surface area contributed by atoms with Crippen LogP contribution < -0.4 is 11.0 Å². The standard InChI is InChI=1S/C32H31N3O4/c1-23-27(21-38-19-24-11-5-2-6-12-24)28(22-39-20-25-13-7-3-8-14-25)30(23)35-18-17-29(34-32(35)37)33-31(36)26-15-9-4-10-16-26/h2-18,27-28,30H,1,19-22H2,(H,33,34,36,37)/t27-,28+,30+/m0/s1. The van der Waals surface area contributed by atoms with Crippen LogP contribution in [0.2, 0.25) is 0 Å². The predicted molar refractivity (Wildman–Crippen MR) is 150 cm³/mol. The Bertz CT molecular complexity index is 1460. The smallest absolute Gasteiger partial charge is 0.350 e. The normalized spacial score (nSPS) is 18.4. The van der Waals surface area contributed by atoms with Crippen LogP contribution in [0.1, 0.15) is 27.5 Å². The van der Waals surface area contributed by atoms with Crippen molar-refractivity contribution in [1.29, 1.82) is 0 Å². The van der Waals surface area contributed by atoms with Crippen LogP contribution in [0, 0.1) is 11.8 Å². The lowest BCUT2D eigenvalue weighted by molar-refractivity contribution is -0.0180. The number of hydrogen-bond donors (Lipinski definition) is 1. The molecule has 1 saturated carbocycles. The molecule has 1 aromatic heterocycles. The van der Waals surface area contributed by atoms with Crippen LogP contribution >= 0.6 is 0 Å². The molecule has 1 amide bonds. The van der Waals surface area contributed by atoms with Gasteiger partial charge in [0.2, 0.25) is 0 Å². The van der Waals surface area contributed by atoms with Crippen molar-refractivity contribution in [2.45, 2.75) is 19.3 Å². The summed E-state index contributed by atoms with van der Waals surface area (Å²) in [5, 5.41) is 2.70. The van der Waals surface area contributed by atoms with E-state index in [0.29, 0.717) is 32.0 Å². The summed E-state index contributed by atoms with van der Waals surface area (Å²) in [7, 11) is 0. The van der Waals surface area contributed by atoms with Gasteiger partial charge < -0.3 is 14.8 Å². The van der Waals surface area contributed by atoms with Crippen LogP contribution in [0.25, 0.3) is 0 Å². The minimum Gasteiger partial charge on any atom is -0.376 e. The zero-order valence-electron chi connectivity index (χ0n) is 21.6. The molecule has 1 heterocycles. The average Bonchev–Trinajstić information content (AvgIpc) is 2.97. The van der Waals surface area contributed by atoms with Gasteiger partial charge >= 0.3 is 5.69 Å². The summed E-state index contributed by atoms with van der Waals surface area (Å²) in [5.41, 5.74) is 3.13. The molecule has 0 unspecified atom stereocenters. The van der Waals surface area contributed by atoms with Crippen LogP contribution in [0.15, 0.2) is 120 Å². The lowest BCUT2D eigenvalue weighted by Gasteiger charge is -2.47. The monoisotopic (exact) mass is 521 g/mol. The highest BCUT2D eigenvalue weighted by atomic mass is 16.5. The number of hydrogen-bond acceptors (Lipinski definition) is 5. The number of rotatable bonds is 11. The molecule has 1 fully saturated rings. The molecule has 0 radical (unpaired) electrons. The summed E-state index contributed by atoms with van der Waals surface area (Å²) >= 11 is 0. The molecule has 0 spiro atoms. The van der Waals surface area contributed by atoms with Gasteiger partial charge in [-0.2, -0.15) is 4.98 Å². The van der Waals surface area contributed by atoms with Crippen molar-refractivity contribution >= 4 is 11.7 Å². The number of nitrogens with zero attached hydrogens (tertiary/aromatic N) is 2. The van der Waals surface area contributed by atoms with Gasteiger partial charge in [-0.05, 0) is 34.9 Å². The first-order chi connectivity index (χ1) is 19.1. The van der Waals surface area contributed by atoms with Crippen LogP contribution in [0.5, 0.6) is 0 Å². The molecular formula is C32H31N3O4. The predicted octanol–water partition coefficient (Wildman–Crippen LogP) is 5.27. The number of benzene rings is 3. The molecule has 39 heavy (non-hydrogen) atoms. The average molecular weight is 522 g/mol. The van der Waals surface area contributed by atoms with Gasteiger partial charge in [0.25, 0.3) is 5.91 Å². The van der Waals surface area contributed by atoms with E-state index in [1.165, 1.54) is 0 Å². The SMILES string of the molecule is C=C1[C@@H](n2ccc(NC(=O)c3ccccc3)nc2=O)[C@H](COCc2ccccc2)[C@H]1COCc1ccccc1. The number of nitrogens with one attached hydrogen (secondary N) is 1. The molecule has 1 N–H and O–H groups in total. The molecule has 1 aliphatic carbocycles. The lowest BCUT2D eigenvalue weighted by atomic mass is 9.66. The Morgan fingerprint density at radius 3 is 1.97 bits per heavy atom. The zero-order chi connectivity index (χ0) is 27.0. The fraction of sp³-hybridized carbons (Fsp3) is 0.219. The summed E-state index contributed by atoms with van der Waals surface area (Å²) in [6.45, 7) is 6.21. The first-order valence-electron chi connectivity index (χ1n) is 13.0. The van der Waals surface area contributed by atoms with Crippen molar-refractivity contribution in [2.75, 3.05) is 18.5 Å². The Kier molecular flexibility index (Phi) is 8.41. The quantitative estimate of drug-likeness (QED) is 0.272. The van der Waals surface area contributed by atoms with E-state index < -0.39 is 5.69 Å². The van der Waals surface area contributed by atoms with Crippen molar-refractivity contribution in [3.63, 3.8) is 0 Å². The van der Waals surface area contributed by atoms with Gasteiger partial charge in [0, 0.05) is 23.6 Å². The number of aromatic nitrogens is 2. The molecule has 3 atom stereocenters. The van der Waals surface area contributed by atoms with Gasteiger partial charge in [-0.3, -0.25) is 9.36 Å². The van der Waals surface area contributed by atoms with E-state index >= 15 is 0 Å². The number of anilines is 1. The molecule has 4 aromatic rings. The zero-order valence-corrected chi connectivity index (χ0v) is 21.6. The van der Waals surface area contributed by atoms with Crippen molar-refractivity contribution in [3.8, 4) is 0 Å². The minimum absolute atomic E-state index is 0.0127. The Morgan fingerprint density at radius 1 is 0.821 bits per heavy atom. The van der Waals surface area contributed by atoms with E-state index in [1.807, 2.05) is 66.7 Å². The van der Waals surface area contributed by atoms with E-state index in [0.717, 1.165) is 16.7 Å². The van der Waals surface area contributed by atoms with E-state index in [4.69, 9.17) is 9.47 Å². The second-order valence-corrected chi connectivity index (χ2v) is 9.61. The molecule has 1 aliphatic rings. The Labute approximate surface area is 227 Å². The van der Waals surface area contributed by atoms with E-state index in [-0.39, 0.29) is 29.6 Å². The van der Waals surface area contributed by atoms with Crippen LogP contribution in [0.4, 0.5) is 5.82 Å². The van der Waals surface area contributed by atoms with E-state index in [2.05, 4.69) is 16.9 Å². The first-order valence-corrected chi connectivity index (χ1v) is 13.0. The maximum absolute atomic E-state index is 13.1. The third-order valence-electron chi connectivity index (χ3n) is 7.02. The summed E-state index contributed by atoms with van der Waals surface area (Å²) in [6, 6.07) is 30.2. The minimum atomic E-state index is -0.455. The maximum Gasteiger partial charge on any atom is 0.350 e. The van der Waals surface area contributed by atoms with Crippen LogP contribution in [-0.2, 0) is 22.7 Å². The Hall–Kier alpha value is -4.33. The third kappa shape index (κ3) is 6.39. The van der Waals surface area contributed by atoms with Crippen LogP contribution in [-0.4, -0.2) is 28.7 Å². The molecule has 198 valence electrons. The fourth-order valence-corrected chi connectivity index (χ4v) is 4.93. The Balaban J connectivity index is 1.28. The van der Waals surface area contributed by atoms with Gasteiger partial charge in [-0.25, -0.2) is 4.79 Å². The highest BCUT2D eigenvalue weighted by Gasteiger charge is 2.46. The van der Waals surface area contributed by atoms with Gasteiger partial charge in [0.05, 0.1) is 32.5 Å². The molecule has 5 rings (SSSR count). The van der Waals surface area contributed by atoms with Crippen molar-refractivity contribution in [2.24, 2.45) is 11.8 Å². The topological polar surface area (TPSA) is 82.5 Å². The highest BCUT2D eigenvalue weighted by Crippen LogP contribution is 2.48. The van der Waals surface area contributed by atoms with Crippen molar-refractivity contribution in [3.05, 3.63) is 143 Å². The second-order valence-electron chi connectivity index (χ2n) is 9.61. The number of ether oxygens (including phenoxy) is 2. The van der Waals surface area contributed by atoms with Gasteiger partial charge in [-0.15, -0.1) is 0 Å². The van der Waals surface area contributed by atoms with Crippen molar-refractivity contribution < 1.29 is 14.3 Å². The molecule has 0 bridgehead atoms. The number of amides is 1. The van der Waals surface area contributed by atoms with E-state index in [9.17, 15) is 9.59 Å². The Morgan fingerprint density at radius 2 is 1.38 bits per heavy atom. The summed E-state index contributed by atoms with van der Waals surface area (Å²) in [4.78, 5) is 29.7. The summed E-state index contributed by atoms with van der Waals surface area (Å²) < 4.78 is 13.7. The van der Waals surface area contributed by atoms with Crippen LogP contribution in [0.3, 0.4) is 0 Å². The largest absolute Gasteiger partial charge is 0.376 e. The molecule has 0 aliphatic heterocycles. The van der Waals surface area contributed by atoms with Crippen molar-refractivity contribution in [1.82, 2.24) is 9.55 Å². The van der Waals surface area contributed by atoms with Gasteiger partial charge in [0.1, 0.15) is 5.82 Å². The molecule has 7 heteroatoms. The summed E-state index contributed by atoms with van der Waals surface area (Å²) in [6.07, 6.45) is 1.66. The molecular weight excluding hydrogens is 490 g/mol. The molecule has 3 aromatic carbocycles. The summed E-state index contributed by atoms with van der Waals surface area (Å²) in [5.74, 6) is -0.0918. The molecule has 0 saturated heterocycles. The number of carbonyl (C=O) groups excluding carboxylic acids is 1. The second kappa shape index (κ2) is 12.5. The third-order valence-corrected chi connectivity index (χ3v) is 7.02. The highest BCUT2D eigenvalue weighted by molar-refractivity contribution is 6.03. The van der Waals surface area contributed by atoms with Gasteiger partial charge in [0.15, 0.2) is 0 Å².